The summed E-state index contributed by atoms with van der Waals surface area (Å²) in [5.41, 5.74) is -2.19. The van der Waals surface area contributed by atoms with Gasteiger partial charge >= 0.3 is 12.2 Å². The number of rotatable bonds is 7. The zero-order valence-corrected chi connectivity index (χ0v) is 31.4. The fourth-order valence-electron chi connectivity index (χ4n) is 5.48. The van der Waals surface area contributed by atoms with Crippen molar-refractivity contribution in [3.63, 3.8) is 0 Å². The van der Waals surface area contributed by atoms with Crippen LogP contribution in [-0.4, -0.2) is 81.9 Å². The van der Waals surface area contributed by atoms with Gasteiger partial charge in [-0.15, -0.1) is 11.3 Å². The number of carbonyl (C=O) groups is 2. The number of ether oxygens (including phenoxy) is 3. The number of nitrogens with one attached hydrogen (secondary N) is 2. The Morgan fingerprint density at radius 2 is 1.88 bits per heavy atom. The molecule has 1 saturated heterocycles. The lowest BCUT2D eigenvalue weighted by molar-refractivity contribution is 0.0187. The molecule has 5 rings (SSSR count). The number of thioether (sulfide) groups is 1. The fraction of sp³-hybridized carbons (Fsp3) is 0.441. The zero-order chi connectivity index (χ0) is 37.4. The van der Waals surface area contributed by atoms with Crippen LogP contribution in [0.4, 0.5) is 23.4 Å². The first-order chi connectivity index (χ1) is 23.9. The van der Waals surface area contributed by atoms with Crippen molar-refractivity contribution in [1.29, 1.82) is 5.26 Å². The molecule has 4 aromatic rings. The van der Waals surface area contributed by atoms with Crippen LogP contribution in [0.25, 0.3) is 32.1 Å². The molecule has 0 spiro atoms. The van der Waals surface area contributed by atoms with E-state index in [-0.39, 0.29) is 71.3 Å². The molecule has 2 aromatic heterocycles. The maximum absolute atomic E-state index is 16.7. The van der Waals surface area contributed by atoms with Crippen molar-refractivity contribution in [2.24, 2.45) is 0 Å². The van der Waals surface area contributed by atoms with Crippen LogP contribution in [0, 0.1) is 23.0 Å². The molecule has 0 aliphatic carbocycles. The molecule has 2 aromatic carbocycles. The summed E-state index contributed by atoms with van der Waals surface area (Å²) in [5, 5.41) is 26.7. The van der Waals surface area contributed by atoms with Crippen LogP contribution in [0.3, 0.4) is 0 Å². The Kier molecular flexibility index (Phi) is 11.1. The van der Waals surface area contributed by atoms with Gasteiger partial charge < -0.3 is 29.5 Å². The largest absolute Gasteiger partial charge is 0.493 e. The smallest absolute Gasteiger partial charge is 0.412 e. The number of carbonyl (C=O) groups excluding carboxylic acids is 2. The summed E-state index contributed by atoms with van der Waals surface area (Å²) in [4.78, 5) is 35.3. The van der Waals surface area contributed by atoms with Crippen molar-refractivity contribution >= 4 is 72.9 Å². The van der Waals surface area contributed by atoms with Gasteiger partial charge in [-0.1, -0.05) is 29.4 Å². The van der Waals surface area contributed by atoms with Crippen molar-refractivity contribution in [2.75, 3.05) is 37.8 Å². The number of nitriles is 1. The number of aromatic nitrogens is 2. The van der Waals surface area contributed by atoms with Crippen LogP contribution in [0.15, 0.2) is 17.3 Å². The number of hydrogen-bond acceptors (Lipinski definition) is 12. The van der Waals surface area contributed by atoms with E-state index in [2.05, 4.69) is 20.6 Å². The normalized spacial score (nSPS) is 15.2. The van der Waals surface area contributed by atoms with Gasteiger partial charge in [0.15, 0.2) is 16.7 Å². The molecule has 0 saturated carbocycles. The van der Waals surface area contributed by atoms with E-state index in [9.17, 15) is 20.0 Å². The van der Waals surface area contributed by atoms with Gasteiger partial charge in [0, 0.05) is 36.6 Å². The van der Waals surface area contributed by atoms with Gasteiger partial charge in [-0.25, -0.2) is 23.4 Å². The predicted octanol–water partition coefficient (Wildman–Crippen LogP) is 8.07. The lowest BCUT2D eigenvalue weighted by atomic mass is 9.96. The first-order valence-electron chi connectivity index (χ1n) is 15.9. The molecule has 17 heteroatoms. The molecule has 272 valence electrons. The molecule has 0 radical (unpaired) electrons. The number of anilines is 1. The minimum atomic E-state index is -0.970. The van der Waals surface area contributed by atoms with Crippen LogP contribution >= 0.6 is 34.7 Å². The number of thiophene rings is 1. The Morgan fingerprint density at radius 3 is 2.53 bits per heavy atom. The van der Waals surface area contributed by atoms with Crippen LogP contribution < -0.4 is 15.4 Å². The topological polar surface area (TPSA) is 159 Å². The minimum absolute atomic E-state index is 0.00309. The van der Waals surface area contributed by atoms with E-state index in [1.54, 1.807) is 52.7 Å². The Hall–Kier alpha value is -4.17. The molecule has 1 fully saturated rings. The number of piperazine rings is 1. The van der Waals surface area contributed by atoms with Crippen LogP contribution in [0.5, 0.6) is 11.6 Å². The summed E-state index contributed by atoms with van der Waals surface area (Å²) in [6.45, 7) is 11.7. The van der Waals surface area contributed by atoms with Gasteiger partial charge in [0.05, 0.1) is 21.9 Å². The Morgan fingerprint density at radius 1 is 1.18 bits per heavy atom. The zero-order valence-electron chi connectivity index (χ0n) is 29.0. The van der Waals surface area contributed by atoms with E-state index in [1.807, 2.05) is 6.07 Å². The quantitative estimate of drug-likeness (QED) is 0.123. The molecule has 2 amide bonds. The van der Waals surface area contributed by atoms with Crippen molar-refractivity contribution in [3.05, 3.63) is 34.4 Å². The predicted molar refractivity (Wildman–Crippen MR) is 193 cm³/mol. The molecule has 3 heterocycles. The highest BCUT2D eigenvalue weighted by Crippen LogP contribution is 2.50. The van der Waals surface area contributed by atoms with E-state index in [0.29, 0.717) is 26.1 Å². The van der Waals surface area contributed by atoms with Gasteiger partial charge in [0.1, 0.15) is 39.0 Å². The Balaban J connectivity index is 1.58. The highest BCUT2D eigenvalue weighted by molar-refractivity contribution is 7.98. The van der Waals surface area contributed by atoms with E-state index in [0.717, 1.165) is 29.2 Å². The van der Waals surface area contributed by atoms with Crippen molar-refractivity contribution in [2.45, 2.75) is 70.4 Å². The number of amides is 2. The molecule has 0 bridgehead atoms. The van der Waals surface area contributed by atoms with Gasteiger partial charge in [-0.2, -0.15) is 10.2 Å². The maximum atomic E-state index is 16.7. The second kappa shape index (κ2) is 14.8. The highest BCUT2D eigenvalue weighted by atomic mass is 35.5. The molecule has 51 heavy (non-hydrogen) atoms. The molecular formula is C34H37ClF2N6O6S2. The number of fused-ring (bicyclic) bond motifs is 2. The van der Waals surface area contributed by atoms with Crippen molar-refractivity contribution in [3.8, 4) is 28.8 Å². The Labute approximate surface area is 306 Å². The number of hydrogen-bond donors (Lipinski definition) is 3. The second-order valence-corrected chi connectivity index (χ2v) is 15.8. The van der Waals surface area contributed by atoms with E-state index >= 15 is 8.78 Å². The number of aromatic hydroxyl groups is 1. The fourth-order valence-corrected chi connectivity index (χ4v) is 7.25. The first kappa shape index (κ1) is 38.1. The summed E-state index contributed by atoms with van der Waals surface area (Å²) >= 11 is 8.78. The van der Waals surface area contributed by atoms with E-state index < -0.39 is 40.9 Å². The molecule has 0 unspecified atom stereocenters. The average molecular weight is 763 g/mol. The standard InChI is InChI=1S/C34H37ClF2N6O6S2/c1-33(2,3)48-31(45)42-29-18(14-38)20-17(8-9-19(36)27(20)51-29)21-23(35)26(22-25(24(21)37)40-30(50-7)41-28(22)44)47-13-10-16-15-43(12-11-39-16)32(46)49-34(4,5)6/h8-9,16,39H,10-13,15H2,1-7H3,(H,42,45)(H,40,41,44)/t16-/m0/s1. The summed E-state index contributed by atoms with van der Waals surface area (Å²) in [6.07, 6.45) is 0.728. The van der Waals surface area contributed by atoms with Gasteiger partial charge in [-0.05, 0) is 65.8 Å². The van der Waals surface area contributed by atoms with Gasteiger partial charge in [-0.3, -0.25) is 5.32 Å². The third-order valence-corrected chi connectivity index (χ3v) is 9.55. The number of benzene rings is 2. The molecule has 1 aliphatic rings. The second-order valence-electron chi connectivity index (χ2n) is 13.6. The van der Waals surface area contributed by atoms with Crippen molar-refractivity contribution < 1.29 is 37.7 Å². The molecule has 1 atom stereocenters. The Bertz CT molecular complexity index is 2060. The lowest BCUT2D eigenvalue weighted by Gasteiger charge is -2.34. The molecule has 3 N–H and O–H groups in total. The summed E-state index contributed by atoms with van der Waals surface area (Å²) in [7, 11) is 0. The third kappa shape index (κ3) is 8.33. The molecular weight excluding hydrogens is 726 g/mol. The van der Waals surface area contributed by atoms with Gasteiger partial charge in [0.2, 0.25) is 5.88 Å². The van der Waals surface area contributed by atoms with Gasteiger partial charge in [0.25, 0.3) is 0 Å². The van der Waals surface area contributed by atoms with Crippen LogP contribution in [0.1, 0.15) is 53.5 Å². The van der Waals surface area contributed by atoms with E-state index in [4.69, 9.17) is 25.8 Å². The minimum Gasteiger partial charge on any atom is -0.493 e. The first-order valence-corrected chi connectivity index (χ1v) is 18.3. The summed E-state index contributed by atoms with van der Waals surface area (Å²) in [6, 6.07) is 4.18. The molecule has 12 nitrogen and oxygen atoms in total. The van der Waals surface area contributed by atoms with Crippen LogP contribution in [-0.2, 0) is 9.47 Å². The third-order valence-electron chi connectivity index (χ3n) is 7.53. The average Bonchev–Trinajstić information content (AvgIpc) is 3.40. The highest BCUT2D eigenvalue weighted by Gasteiger charge is 2.31. The summed E-state index contributed by atoms with van der Waals surface area (Å²) in [5.74, 6) is -2.39. The monoisotopic (exact) mass is 762 g/mol. The maximum Gasteiger partial charge on any atom is 0.412 e. The SMILES string of the molecule is CSc1nc(O)c2c(OCC[C@H]3CN(C(=O)OC(C)(C)C)CCN3)c(Cl)c(-c3ccc(F)c4sc(NC(=O)OC(C)(C)C)c(C#N)c34)c(F)c2n1. The van der Waals surface area contributed by atoms with E-state index in [1.165, 1.54) is 6.07 Å². The lowest BCUT2D eigenvalue weighted by Crippen LogP contribution is -2.53. The summed E-state index contributed by atoms with van der Waals surface area (Å²) < 4.78 is 49.0. The van der Waals surface area contributed by atoms with Crippen molar-refractivity contribution in [1.82, 2.24) is 20.2 Å². The van der Waals surface area contributed by atoms with Crippen LogP contribution in [0.2, 0.25) is 5.02 Å². The number of nitrogens with zero attached hydrogens (tertiary/aromatic N) is 4. The molecule has 1 aliphatic heterocycles. The number of halogens is 3.